The minimum absolute atomic E-state index is 0.0845. The molecule has 0 radical (unpaired) electrons. The maximum absolute atomic E-state index is 13.4. The zero-order valence-corrected chi connectivity index (χ0v) is 17.0. The SMILES string of the molecule is COc1ccc(C)cc1S(=O)(=O)[C@@H]1CS(=O)(=O)C[C@@H]1N1CCN(C)CC1. The van der Waals surface area contributed by atoms with Gasteiger partial charge in [-0.15, -0.1) is 0 Å². The molecule has 2 saturated heterocycles. The van der Waals surface area contributed by atoms with Gasteiger partial charge in [-0.1, -0.05) is 6.07 Å². The van der Waals surface area contributed by atoms with Crippen molar-refractivity contribution in [3.63, 3.8) is 0 Å². The Morgan fingerprint density at radius 3 is 2.38 bits per heavy atom. The number of sulfone groups is 2. The number of likely N-dealkylation sites (N-methyl/N-ethyl adjacent to an activating group) is 1. The second-order valence-electron chi connectivity index (χ2n) is 7.22. The summed E-state index contributed by atoms with van der Waals surface area (Å²) in [5.41, 5.74) is 0.793. The standard InChI is InChI=1S/C17H26N2O5S2/c1-13-4-5-15(24-3)16(10-13)26(22,23)17-12-25(20,21)11-14(17)19-8-6-18(2)7-9-19/h4-5,10,14,17H,6-9,11-12H2,1-3H3/t14-,17+/m0/s1. The van der Waals surface area contributed by atoms with Crippen molar-refractivity contribution in [2.45, 2.75) is 23.1 Å². The molecule has 0 spiro atoms. The second-order valence-corrected chi connectivity index (χ2v) is 11.5. The molecule has 9 heteroatoms. The lowest BCUT2D eigenvalue weighted by Gasteiger charge is -2.38. The Morgan fingerprint density at radius 2 is 1.77 bits per heavy atom. The van der Waals surface area contributed by atoms with Gasteiger partial charge in [-0.3, -0.25) is 4.90 Å². The van der Waals surface area contributed by atoms with Crippen LogP contribution in [0.4, 0.5) is 0 Å². The van der Waals surface area contributed by atoms with Gasteiger partial charge in [0.25, 0.3) is 0 Å². The monoisotopic (exact) mass is 402 g/mol. The van der Waals surface area contributed by atoms with Gasteiger partial charge >= 0.3 is 0 Å². The zero-order valence-electron chi connectivity index (χ0n) is 15.4. The molecule has 0 N–H and O–H groups in total. The van der Waals surface area contributed by atoms with Crippen LogP contribution in [-0.2, 0) is 19.7 Å². The van der Waals surface area contributed by atoms with E-state index >= 15 is 0 Å². The average molecular weight is 403 g/mol. The van der Waals surface area contributed by atoms with Crippen molar-refractivity contribution >= 4 is 19.7 Å². The van der Waals surface area contributed by atoms with Crippen molar-refractivity contribution in [3.05, 3.63) is 23.8 Å². The van der Waals surface area contributed by atoms with Crippen LogP contribution in [0, 0.1) is 6.92 Å². The van der Waals surface area contributed by atoms with E-state index in [9.17, 15) is 16.8 Å². The van der Waals surface area contributed by atoms with Crippen LogP contribution in [0.25, 0.3) is 0 Å². The molecule has 0 unspecified atom stereocenters. The number of ether oxygens (including phenoxy) is 1. The molecule has 2 atom stereocenters. The van der Waals surface area contributed by atoms with Gasteiger partial charge in [0.15, 0.2) is 19.7 Å². The summed E-state index contributed by atoms with van der Waals surface area (Å²) in [5, 5.41) is -0.966. The first kappa shape index (κ1) is 19.6. The molecule has 2 aliphatic rings. The van der Waals surface area contributed by atoms with E-state index in [-0.39, 0.29) is 22.2 Å². The van der Waals surface area contributed by atoms with E-state index in [2.05, 4.69) is 4.90 Å². The lowest BCUT2D eigenvalue weighted by molar-refractivity contribution is 0.122. The smallest absolute Gasteiger partial charge is 0.187 e. The number of aryl methyl sites for hydroxylation is 1. The molecule has 1 aromatic rings. The maximum Gasteiger partial charge on any atom is 0.187 e. The molecule has 0 saturated carbocycles. The minimum atomic E-state index is -3.85. The van der Waals surface area contributed by atoms with Gasteiger partial charge in [0.1, 0.15) is 10.6 Å². The van der Waals surface area contributed by atoms with Gasteiger partial charge in [-0.05, 0) is 31.7 Å². The molecule has 0 amide bonds. The number of nitrogens with zero attached hydrogens (tertiary/aromatic N) is 2. The first-order valence-electron chi connectivity index (χ1n) is 8.65. The summed E-state index contributed by atoms with van der Waals surface area (Å²) in [6.07, 6.45) is 0. The molecule has 2 fully saturated rings. The molecule has 26 heavy (non-hydrogen) atoms. The molecule has 3 rings (SSSR count). The summed E-state index contributed by atoms with van der Waals surface area (Å²) in [6.45, 7) is 4.76. The molecule has 0 aliphatic carbocycles. The van der Waals surface area contributed by atoms with Crippen LogP contribution in [0.5, 0.6) is 5.75 Å². The van der Waals surface area contributed by atoms with Crippen LogP contribution in [0.3, 0.4) is 0 Å². The summed E-state index contributed by atoms with van der Waals surface area (Å²) in [6, 6.07) is 4.46. The fraction of sp³-hybridized carbons (Fsp3) is 0.647. The van der Waals surface area contributed by atoms with E-state index in [0.717, 1.165) is 18.7 Å². The van der Waals surface area contributed by atoms with Crippen molar-refractivity contribution in [2.75, 3.05) is 51.8 Å². The van der Waals surface area contributed by atoms with Crippen molar-refractivity contribution in [2.24, 2.45) is 0 Å². The molecule has 0 bridgehead atoms. The lowest BCUT2D eigenvalue weighted by Crippen LogP contribution is -2.54. The highest BCUT2D eigenvalue weighted by molar-refractivity contribution is 7.96. The number of methoxy groups -OCH3 is 1. The normalized spacial score (nSPS) is 27.5. The van der Waals surface area contributed by atoms with Crippen LogP contribution in [-0.4, -0.2) is 89.8 Å². The Morgan fingerprint density at radius 1 is 1.12 bits per heavy atom. The highest BCUT2D eigenvalue weighted by atomic mass is 32.2. The van der Waals surface area contributed by atoms with E-state index in [1.807, 2.05) is 18.9 Å². The Hall–Kier alpha value is -1.16. The molecule has 146 valence electrons. The third kappa shape index (κ3) is 3.76. The van der Waals surface area contributed by atoms with Crippen molar-refractivity contribution in [1.29, 1.82) is 0 Å². The topological polar surface area (TPSA) is 84.0 Å². The number of rotatable bonds is 4. The fourth-order valence-electron chi connectivity index (χ4n) is 3.76. The first-order chi connectivity index (χ1) is 12.1. The highest BCUT2D eigenvalue weighted by Gasteiger charge is 2.49. The summed E-state index contributed by atoms with van der Waals surface area (Å²) in [5.74, 6) is -0.171. The molecule has 7 nitrogen and oxygen atoms in total. The molecule has 0 aromatic heterocycles. The van der Waals surface area contributed by atoms with Crippen LogP contribution >= 0.6 is 0 Å². The van der Waals surface area contributed by atoms with Gasteiger partial charge in [-0.2, -0.15) is 0 Å². The molecular formula is C17H26N2O5S2. The number of piperazine rings is 1. The average Bonchev–Trinajstić information content (AvgIpc) is 2.92. The highest BCUT2D eigenvalue weighted by Crippen LogP contribution is 2.34. The van der Waals surface area contributed by atoms with E-state index in [0.29, 0.717) is 13.1 Å². The Labute approximate surface area is 155 Å². The predicted octanol–water partition coefficient (Wildman–Crippen LogP) is 0.190. The molecule has 1 aromatic carbocycles. The van der Waals surface area contributed by atoms with E-state index in [1.165, 1.54) is 7.11 Å². The molecule has 2 aliphatic heterocycles. The van der Waals surface area contributed by atoms with Gasteiger partial charge in [-0.25, -0.2) is 16.8 Å². The third-order valence-electron chi connectivity index (χ3n) is 5.30. The number of hydrogen-bond acceptors (Lipinski definition) is 7. The zero-order chi connectivity index (χ0) is 19.1. The Bertz CT molecular complexity index is 874. The first-order valence-corrected chi connectivity index (χ1v) is 12.0. The van der Waals surface area contributed by atoms with Gasteiger partial charge in [0, 0.05) is 32.2 Å². The quantitative estimate of drug-likeness (QED) is 0.711. The fourth-order valence-corrected chi connectivity index (χ4v) is 8.83. The van der Waals surface area contributed by atoms with Crippen LogP contribution in [0.15, 0.2) is 23.1 Å². The summed E-state index contributed by atoms with van der Waals surface area (Å²) < 4.78 is 56.7. The molecule has 2 heterocycles. The largest absolute Gasteiger partial charge is 0.495 e. The second kappa shape index (κ2) is 7.10. The summed E-state index contributed by atoms with van der Waals surface area (Å²) in [4.78, 5) is 4.27. The van der Waals surface area contributed by atoms with Crippen molar-refractivity contribution in [3.8, 4) is 5.75 Å². The van der Waals surface area contributed by atoms with E-state index in [4.69, 9.17) is 4.74 Å². The number of benzene rings is 1. The van der Waals surface area contributed by atoms with Crippen LogP contribution < -0.4 is 4.74 Å². The van der Waals surface area contributed by atoms with Crippen molar-refractivity contribution < 1.29 is 21.6 Å². The predicted molar refractivity (Wildman–Crippen MR) is 100 cm³/mol. The molecular weight excluding hydrogens is 376 g/mol. The Kier molecular flexibility index (Phi) is 5.35. The van der Waals surface area contributed by atoms with Gasteiger partial charge < -0.3 is 9.64 Å². The lowest BCUT2D eigenvalue weighted by atomic mass is 10.2. The Balaban J connectivity index is 2.00. The van der Waals surface area contributed by atoms with E-state index in [1.54, 1.807) is 18.2 Å². The van der Waals surface area contributed by atoms with Crippen LogP contribution in [0.2, 0.25) is 0 Å². The summed E-state index contributed by atoms with van der Waals surface area (Å²) >= 11 is 0. The third-order valence-corrected chi connectivity index (χ3v) is 9.44. The van der Waals surface area contributed by atoms with E-state index < -0.39 is 31.0 Å². The summed E-state index contributed by atoms with van der Waals surface area (Å²) in [7, 11) is -3.82. The van der Waals surface area contributed by atoms with Crippen molar-refractivity contribution in [1.82, 2.24) is 9.80 Å². The minimum Gasteiger partial charge on any atom is -0.495 e. The van der Waals surface area contributed by atoms with Gasteiger partial charge in [0.2, 0.25) is 0 Å². The van der Waals surface area contributed by atoms with Gasteiger partial charge in [0.05, 0.1) is 23.9 Å². The van der Waals surface area contributed by atoms with Crippen LogP contribution in [0.1, 0.15) is 5.56 Å². The maximum atomic E-state index is 13.4. The number of hydrogen-bond donors (Lipinski definition) is 0.